The number of nitrogens with zero attached hydrogens (tertiary/aromatic N) is 3. The van der Waals surface area contributed by atoms with E-state index in [4.69, 9.17) is 19.7 Å². The Morgan fingerprint density at radius 2 is 0.821 bits per heavy atom. The Kier molecular flexibility index (Phi) is 10.9. The van der Waals surface area contributed by atoms with Gasteiger partial charge in [0.25, 0.3) is 0 Å². The van der Waals surface area contributed by atoms with Crippen LogP contribution in [0, 0.1) is 13.8 Å². The van der Waals surface area contributed by atoms with Gasteiger partial charge < -0.3 is 4.74 Å². The molecule has 0 bridgehead atoms. The van der Waals surface area contributed by atoms with Crippen LogP contribution in [0.4, 0.5) is 0 Å². The van der Waals surface area contributed by atoms with Crippen molar-refractivity contribution < 1.29 is 4.74 Å². The fourth-order valence-electron chi connectivity index (χ4n) is 7.53. The third kappa shape index (κ3) is 8.20. The normalized spacial score (nSPS) is 11.1. The summed E-state index contributed by atoms with van der Waals surface area (Å²) in [6.07, 6.45) is 9.69. The van der Waals surface area contributed by atoms with Gasteiger partial charge in [0.15, 0.2) is 0 Å². The van der Waals surface area contributed by atoms with Crippen molar-refractivity contribution in [3.8, 4) is 61.8 Å². The van der Waals surface area contributed by atoms with Crippen molar-refractivity contribution in [3.05, 3.63) is 204 Å². The molecule has 3 aromatic heterocycles. The van der Waals surface area contributed by atoms with E-state index in [-0.39, 0.29) is 0 Å². The topological polar surface area (TPSA) is 47.9 Å². The van der Waals surface area contributed by atoms with Crippen molar-refractivity contribution in [2.45, 2.75) is 39.5 Å². The Morgan fingerprint density at radius 1 is 0.393 bits per heavy atom. The molecule has 4 nitrogen and oxygen atoms in total. The molecule has 0 saturated carbocycles. The van der Waals surface area contributed by atoms with Gasteiger partial charge in [-0.05, 0) is 102 Å². The number of benzene rings is 5. The third-order valence-corrected chi connectivity index (χ3v) is 10.7. The average molecular weight is 728 g/mol. The van der Waals surface area contributed by atoms with E-state index in [1.165, 1.54) is 38.9 Å². The second-order valence-corrected chi connectivity index (χ2v) is 14.4. The molecule has 0 fully saturated rings. The van der Waals surface area contributed by atoms with Crippen LogP contribution in [0.1, 0.15) is 33.4 Å². The zero-order valence-corrected chi connectivity index (χ0v) is 32.2. The summed E-state index contributed by atoms with van der Waals surface area (Å²) in [5, 5.41) is 0. The van der Waals surface area contributed by atoms with Crippen molar-refractivity contribution >= 4 is 0 Å². The highest BCUT2D eigenvalue weighted by atomic mass is 16.5. The molecule has 0 aliphatic heterocycles. The van der Waals surface area contributed by atoms with Gasteiger partial charge in [-0.1, -0.05) is 133 Å². The number of pyridine rings is 3. The van der Waals surface area contributed by atoms with Crippen LogP contribution in [0.2, 0.25) is 0 Å². The van der Waals surface area contributed by atoms with Gasteiger partial charge in [-0.25, -0.2) is 0 Å². The molecule has 0 aliphatic carbocycles. The van der Waals surface area contributed by atoms with E-state index in [0.29, 0.717) is 0 Å². The van der Waals surface area contributed by atoms with Crippen molar-refractivity contribution in [2.24, 2.45) is 0 Å². The van der Waals surface area contributed by atoms with Crippen LogP contribution in [0.25, 0.3) is 56.0 Å². The monoisotopic (exact) mass is 727 g/mol. The van der Waals surface area contributed by atoms with Crippen LogP contribution < -0.4 is 4.74 Å². The van der Waals surface area contributed by atoms with E-state index in [1.807, 2.05) is 42.6 Å². The Bertz CT molecular complexity index is 2470. The summed E-state index contributed by atoms with van der Waals surface area (Å²) in [5.41, 5.74) is 18.3. The highest BCUT2D eigenvalue weighted by Gasteiger charge is 2.16. The van der Waals surface area contributed by atoms with E-state index in [0.717, 1.165) is 81.9 Å². The van der Waals surface area contributed by atoms with Crippen molar-refractivity contribution in [3.63, 3.8) is 0 Å². The van der Waals surface area contributed by atoms with E-state index in [1.54, 1.807) is 7.11 Å². The van der Waals surface area contributed by atoms with Crippen molar-refractivity contribution in [2.75, 3.05) is 7.11 Å². The van der Waals surface area contributed by atoms with Gasteiger partial charge in [0.2, 0.25) is 0 Å². The number of aryl methyl sites for hydroxylation is 6. The molecule has 0 saturated heterocycles. The summed E-state index contributed by atoms with van der Waals surface area (Å²) in [6, 6.07) is 53.2. The number of aromatic nitrogens is 3. The minimum Gasteiger partial charge on any atom is -0.496 e. The van der Waals surface area contributed by atoms with E-state index >= 15 is 0 Å². The van der Waals surface area contributed by atoms with Crippen LogP contribution in [-0.4, -0.2) is 22.1 Å². The lowest BCUT2D eigenvalue weighted by atomic mass is 9.90. The highest BCUT2D eigenvalue weighted by molar-refractivity contribution is 5.87. The lowest BCUT2D eigenvalue weighted by molar-refractivity contribution is 0.416. The average Bonchev–Trinajstić information content (AvgIpc) is 3.26. The molecule has 0 atom stereocenters. The summed E-state index contributed by atoms with van der Waals surface area (Å²) in [7, 11) is 1.74. The number of rotatable bonds is 12. The number of ether oxygens (including phenoxy) is 1. The fraction of sp³-hybridized carbons (Fsp3) is 0.135. The maximum atomic E-state index is 6.02. The predicted molar refractivity (Wildman–Crippen MR) is 231 cm³/mol. The van der Waals surface area contributed by atoms with Gasteiger partial charge in [-0.15, -0.1) is 0 Å². The molecule has 8 rings (SSSR count). The molecule has 0 amide bonds. The maximum Gasteiger partial charge on any atom is 0.130 e. The summed E-state index contributed by atoms with van der Waals surface area (Å²) in [4.78, 5) is 14.6. The number of methoxy groups -OCH3 is 1. The minimum absolute atomic E-state index is 0.798. The molecule has 4 heteroatoms. The zero-order valence-electron chi connectivity index (χ0n) is 32.2. The van der Waals surface area contributed by atoms with Crippen LogP contribution >= 0.6 is 0 Å². The lowest BCUT2D eigenvalue weighted by Crippen LogP contribution is -2.01. The first kappa shape index (κ1) is 36.3. The highest BCUT2D eigenvalue weighted by Crippen LogP contribution is 2.39. The summed E-state index contributed by atoms with van der Waals surface area (Å²) >= 11 is 0. The molecule has 0 radical (unpaired) electrons. The van der Waals surface area contributed by atoms with Gasteiger partial charge >= 0.3 is 0 Å². The standard InChI is InChI=1S/C52H45N3O/c1-36-27-49(40-15-7-4-8-16-40)53-33-43(36)25-23-38-29-39(24-26-44-34-54-50(28-37(44)2)41-17-9-5-10-18-41)31-45(30-38)46-21-13-14-22-47(46)48-35-55-51(32-52(48)56-3)42-19-11-6-12-20-42/h4-22,27-35H,23-26H2,1-3H3. The molecule has 8 aromatic rings. The second-order valence-electron chi connectivity index (χ2n) is 14.4. The zero-order chi connectivity index (χ0) is 38.3. The Morgan fingerprint density at radius 3 is 1.29 bits per heavy atom. The molecular formula is C52H45N3O. The molecule has 5 aromatic carbocycles. The van der Waals surface area contributed by atoms with Crippen LogP contribution in [0.3, 0.4) is 0 Å². The Labute approximate surface area is 330 Å². The van der Waals surface area contributed by atoms with Crippen LogP contribution in [0.5, 0.6) is 5.75 Å². The smallest absolute Gasteiger partial charge is 0.130 e. The van der Waals surface area contributed by atoms with Gasteiger partial charge in [0, 0.05) is 46.9 Å². The van der Waals surface area contributed by atoms with E-state index in [2.05, 4.69) is 142 Å². The first-order valence-corrected chi connectivity index (χ1v) is 19.4. The van der Waals surface area contributed by atoms with E-state index < -0.39 is 0 Å². The first-order chi connectivity index (χ1) is 27.5. The Balaban J connectivity index is 1.13. The van der Waals surface area contributed by atoms with Crippen LogP contribution in [0.15, 0.2) is 170 Å². The van der Waals surface area contributed by atoms with Crippen molar-refractivity contribution in [1.29, 1.82) is 0 Å². The summed E-state index contributed by atoms with van der Waals surface area (Å²) in [6.45, 7) is 4.40. The largest absolute Gasteiger partial charge is 0.496 e. The maximum absolute atomic E-state index is 6.02. The molecule has 0 N–H and O–H groups in total. The van der Waals surface area contributed by atoms with Gasteiger partial charge in [0.05, 0.1) is 24.2 Å². The predicted octanol–water partition coefficient (Wildman–Crippen LogP) is 12.4. The SMILES string of the molecule is COc1cc(-c2ccccc2)ncc1-c1ccccc1-c1cc(CCc2cnc(-c3ccccc3)cc2C)cc(CCc2cnc(-c3ccccc3)cc2C)c1. The second kappa shape index (κ2) is 16.8. The molecular weight excluding hydrogens is 683 g/mol. The molecule has 56 heavy (non-hydrogen) atoms. The first-order valence-electron chi connectivity index (χ1n) is 19.4. The summed E-state index contributed by atoms with van der Waals surface area (Å²) < 4.78 is 6.02. The summed E-state index contributed by atoms with van der Waals surface area (Å²) in [5.74, 6) is 0.798. The molecule has 3 heterocycles. The molecule has 0 unspecified atom stereocenters. The van der Waals surface area contributed by atoms with Crippen molar-refractivity contribution in [1.82, 2.24) is 15.0 Å². The quantitative estimate of drug-likeness (QED) is 0.126. The molecule has 0 spiro atoms. The van der Waals surface area contributed by atoms with Gasteiger partial charge in [-0.3, -0.25) is 15.0 Å². The molecule has 0 aliphatic rings. The lowest BCUT2D eigenvalue weighted by Gasteiger charge is -2.17. The van der Waals surface area contributed by atoms with Gasteiger partial charge in [-0.2, -0.15) is 0 Å². The molecule has 274 valence electrons. The van der Waals surface area contributed by atoms with E-state index in [9.17, 15) is 0 Å². The minimum atomic E-state index is 0.798. The fourth-order valence-corrected chi connectivity index (χ4v) is 7.53. The number of hydrogen-bond acceptors (Lipinski definition) is 4. The van der Waals surface area contributed by atoms with Gasteiger partial charge in [0.1, 0.15) is 5.75 Å². The third-order valence-electron chi connectivity index (χ3n) is 10.7. The van der Waals surface area contributed by atoms with Crippen LogP contribution in [-0.2, 0) is 25.7 Å². The number of hydrogen-bond donors (Lipinski definition) is 0. The Hall–Kier alpha value is -6.65.